The van der Waals surface area contributed by atoms with E-state index in [1.807, 2.05) is 0 Å². The van der Waals surface area contributed by atoms with Gasteiger partial charge in [-0.25, -0.2) is 13.6 Å². The molecule has 0 fully saturated rings. The molecule has 6 nitrogen and oxygen atoms in total. The van der Waals surface area contributed by atoms with E-state index in [1.165, 1.54) is 18.2 Å². The number of alkyl halides is 2. The second-order valence-electron chi connectivity index (χ2n) is 4.04. The van der Waals surface area contributed by atoms with Crippen LogP contribution in [0.15, 0.2) is 22.6 Å². The topological polar surface area (TPSA) is 86.8 Å². The highest BCUT2D eigenvalue weighted by Crippen LogP contribution is 2.23. The summed E-state index contributed by atoms with van der Waals surface area (Å²) in [5.74, 6) is -1.12. The lowest BCUT2D eigenvalue weighted by molar-refractivity contribution is 0.0697. The van der Waals surface area contributed by atoms with Gasteiger partial charge in [-0.2, -0.15) is 4.98 Å². The minimum atomic E-state index is -2.61. The van der Waals surface area contributed by atoms with E-state index in [0.29, 0.717) is 5.52 Å². The van der Waals surface area contributed by atoms with Crippen LogP contribution in [0, 0.1) is 0 Å². The second-order valence-corrected chi connectivity index (χ2v) is 4.04. The molecule has 0 aliphatic carbocycles. The molecule has 8 heteroatoms. The minimum absolute atomic E-state index is 0.0165. The molecular weight excluding hydrogens is 274 g/mol. The van der Waals surface area contributed by atoms with E-state index in [1.54, 1.807) is 0 Å². The van der Waals surface area contributed by atoms with Gasteiger partial charge in [0.15, 0.2) is 5.58 Å². The number of carboxylic acids is 1. The first kappa shape index (κ1) is 14.2. The van der Waals surface area contributed by atoms with Crippen LogP contribution in [0.2, 0.25) is 0 Å². The number of aliphatic hydroxyl groups excluding tert-OH is 1. The number of anilines is 1. The van der Waals surface area contributed by atoms with E-state index in [0.717, 1.165) is 4.90 Å². The number of aliphatic hydroxyl groups is 1. The zero-order valence-electron chi connectivity index (χ0n) is 10.3. The molecule has 0 radical (unpaired) electrons. The Balaban J connectivity index is 2.35. The van der Waals surface area contributed by atoms with Crippen LogP contribution in [-0.2, 0) is 0 Å². The molecule has 2 aromatic rings. The Morgan fingerprint density at radius 1 is 1.45 bits per heavy atom. The van der Waals surface area contributed by atoms with E-state index in [2.05, 4.69) is 4.98 Å². The largest absolute Gasteiger partial charge is 0.478 e. The molecule has 0 aliphatic rings. The lowest BCUT2D eigenvalue weighted by Crippen LogP contribution is -2.31. The smallest absolute Gasteiger partial charge is 0.335 e. The fourth-order valence-electron chi connectivity index (χ4n) is 1.73. The maximum absolute atomic E-state index is 12.4. The lowest BCUT2D eigenvalue weighted by atomic mass is 10.2. The zero-order chi connectivity index (χ0) is 14.7. The predicted octanol–water partition coefficient (Wildman–Crippen LogP) is 1.59. The van der Waals surface area contributed by atoms with Gasteiger partial charge in [-0.3, -0.25) is 0 Å². The summed E-state index contributed by atoms with van der Waals surface area (Å²) in [7, 11) is 0. The normalized spacial score (nSPS) is 11.2. The molecule has 0 bridgehead atoms. The molecule has 1 aromatic carbocycles. The van der Waals surface area contributed by atoms with Crippen molar-refractivity contribution in [2.75, 3.05) is 24.6 Å². The van der Waals surface area contributed by atoms with Gasteiger partial charge in [0.2, 0.25) is 0 Å². The van der Waals surface area contributed by atoms with Crippen molar-refractivity contribution in [3.63, 3.8) is 0 Å². The SMILES string of the molecule is O=C(O)c1ccc2nc(N(CCO)CC(F)F)oc2c1. The van der Waals surface area contributed by atoms with Gasteiger partial charge in [-0.1, -0.05) is 0 Å². The highest BCUT2D eigenvalue weighted by atomic mass is 19.3. The second kappa shape index (κ2) is 5.83. The van der Waals surface area contributed by atoms with Crippen LogP contribution in [-0.4, -0.2) is 47.3 Å². The number of benzene rings is 1. The minimum Gasteiger partial charge on any atom is -0.478 e. The standard InChI is InChI=1S/C12H12F2N2O4/c13-10(14)6-16(3-4-17)12-15-8-2-1-7(11(18)19)5-9(8)20-12/h1-2,5,10,17H,3-4,6H2,(H,18,19). The highest BCUT2D eigenvalue weighted by Gasteiger charge is 2.18. The summed E-state index contributed by atoms with van der Waals surface area (Å²) in [6.45, 7) is -1.01. The first-order chi connectivity index (χ1) is 9.51. The summed E-state index contributed by atoms with van der Waals surface area (Å²) in [6, 6.07) is 3.98. The number of halogens is 2. The van der Waals surface area contributed by atoms with E-state index >= 15 is 0 Å². The third-order valence-corrected chi connectivity index (χ3v) is 2.62. The van der Waals surface area contributed by atoms with Crippen molar-refractivity contribution in [1.29, 1.82) is 0 Å². The van der Waals surface area contributed by atoms with Crippen LogP contribution in [0.3, 0.4) is 0 Å². The highest BCUT2D eigenvalue weighted by molar-refractivity contribution is 5.92. The molecule has 1 aromatic heterocycles. The molecule has 0 saturated heterocycles. The molecule has 108 valence electrons. The van der Waals surface area contributed by atoms with Gasteiger partial charge in [0.05, 0.1) is 18.7 Å². The van der Waals surface area contributed by atoms with Gasteiger partial charge in [0.1, 0.15) is 5.52 Å². The predicted molar refractivity (Wildman–Crippen MR) is 66.3 cm³/mol. The third-order valence-electron chi connectivity index (χ3n) is 2.62. The number of rotatable bonds is 6. The molecule has 2 rings (SSSR count). The number of aromatic carboxylic acids is 1. The van der Waals surface area contributed by atoms with Crippen molar-refractivity contribution in [3.05, 3.63) is 23.8 Å². The summed E-state index contributed by atoms with van der Waals surface area (Å²) in [4.78, 5) is 15.9. The van der Waals surface area contributed by atoms with Gasteiger partial charge in [-0.15, -0.1) is 0 Å². The monoisotopic (exact) mass is 286 g/mol. The Morgan fingerprint density at radius 3 is 2.80 bits per heavy atom. The van der Waals surface area contributed by atoms with Gasteiger partial charge >= 0.3 is 5.97 Å². The summed E-state index contributed by atoms with van der Waals surface area (Å²) in [5, 5.41) is 17.7. The van der Waals surface area contributed by atoms with Crippen LogP contribution in [0.1, 0.15) is 10.4 Å². The third kappa shape index (κ3) is 3.02. The Hall–Kier alpha value is -2.22. The van der Waals surface area contributed by atoms with Crippen molar-refractivity contribution >= 4 is 23.1 Å². The quantitative estimate of drug-likeness (QED) is 0.838. The summed E-state index contributed by atoms with van der Waals surface area (Å²) in [6.07, 6.45) is -2.61. The molecule has 0 aliphatic heterocycles. The van der Waals surface area contributed by atoms with Crippen LogP contribution >= 0.6 is 0 Å². The van der Waals surface area contributed by atoms with E-state index in [4.69, 9.17) is 14.6 Å². The number of carboxylic acid groups (broad SMARTS) is 1. The Bertz CT molecular complexity index is 615. The molecule has 20 heavy (non-hydrogen) atoms. The average Bonchev–Trinajstić information content (AvgIpc) is 2.80. The van der Waals surface area contributed by atoms with E-state index < -0.39 is 18.9 Å². The molecule has 0 saturated carbocycles. The summed E-state index contributed by atoms with van der Waals surface area (Å²) in [5.41, 5.74) is 0.571. The Labute approximate surface area is 112 Å². The fourth-order valence-corrected chi connectivity index (χ4v) is 1.73. The number of aromatic nitrogens is 1. The average molecular weight is 286 g/mol. The van der Waals surface area contributed by atoms with Gasteiger partial charge in [0, 0.05) is 6.54 Å². The molecule has 0 atom stereocenters. The number of nitrogens with zero attached hydrogens (tertiary/aromatic N) is 2. The van der Waals surface area contributed by atoms with Crippen molar-refractivity contribution in [3.8, 4) is 0 Å². The van der Waals surface area contributed by atoms with Gasteiger partial charge in [-0.05, 0) is 18.2 Å². The fraction of sp³-hybridized carbons (Fsp3) is 0.333. The van der Waals surface area contributed by atoms with Crippen molar-refractivity contribution in [1.82, 2.24) is 4.98 Å². The van der Waals surface area contributed by atoms with Crippen molar-refractivity contribution in [2.45, 2.75) is 6.43 Å². The number of hydrogen-bond donors (Lipinski definition) is 2. The molecular formula is C12H12F2N2O4. The molecule has 1 heterocycles. The van der Waals surface area contributed by atoms with Crippen LogP contribution in [0.5, 0.6) is 0 Å². The molecule has 0 spiro atoms. The Morgan fingerprint density at radius 2 is 2.20 bits per heavy atom. The first-order valence-corrected chi connectivity index (χ1v) is 5.79. The van der Waals surface area contributed by atoms with Crippen molar-refractivity contribution < 1.29 is 28.2 Å². The number of fused-ring (bicyclic) bond motifs is 1. The first-order valence-electron chi connectivity index (χ1n) is 5.79. The van der Waals surface area contributed by atoms with Crippen LogP contribution in [0.25, 0.3) is 11.1 Å². The number of hydrogen-bond acceptors (Lipinski definition) is 5. The maximum Gasteiger partial charge on any atom is 0.335 e. The maximum atomic E-state index is 12.4. The summed E-state index contributed by atoms with van der Waals surface area (Å²) < 4.78 is 30.2. The van der Waals surface area contributed by atoms with E-state index in [-0.39, 0.29) is 30.3 Å². The summed E-state index contributed by atoms with van der Waals surface area (Å²) >= 11 is 0. The number of carbonyl (C=O) groups is 1. The Kier molecular flexibility index (Phi) is 4.14. The molecule has 2 N–H and O–H groups in total. The number of oxazole rings is 1. The van der Waals surface area contributed by atoms with Crippen LogP contribution in [0.4, 0.5) is 14.8 Å². The van der Waals surface area contributed by atoms with Crippen LogP contribution < -0.4 is 4.90 Å². The zero-order valence-corrected chi connectivity index (χ0v) is 10.3. The van der Waals surface area contributed by atoms with Gasteiger partial charge < -0.3 is 19.5 Å². The van der Waals surface area contributed by atoms with Crippen molar-refractivity contribution in [2.24, 2.45) is 0 Å². The van der Waals surface area contributed by atoms with E-state index in [9.17, 15) is 13.6 Å². The molecule has 0 amide bonds. The lowest BCUT2D eigenvalue weighted by Gasteiger charge is -2.18. The van der Waals surface area contributed by atoms with Gasteiger partial charge in [0.25, 0.3) is 12.4 Å². The molecule has 0 unspecified atom stereocenters.